The summed E-state index contributed by atoms with van der Waals surface area (Å²) in [4.78, 5) is 28.4. The number of amides is 1. The third-order valence-corrected chi connectivity index (χ3v) is 5.41. The van der Waals surface area contributed by atoms with Crippen LogP contribution in [0.15, 0.2) is 35.2 Å². The SMILES string of the molecule is Cc1ncc(-c2ccncc2C)c([C@@H]2CCCN2C(=O)c2cc(C(C)C)no2)n1. The van der Waals surface area contributed by atoms with Crippen LogP contribution in [0.1, 0.15) is 72.0 Å². The number of hydrogen-bond acceptors (Lipinski definition) is 6. The third-order valence-electron chi connectivity index (χ3n) is 5.41. The van der Waals surface area contributed by atoms with Gasteiger partial charge in [-0.3, -0.25) is 9.78 Å². The summed E-state index contributed by atoms with van der Waals surface area (Å²) in [6.07, 6.45) is 7.22. The van der Waals surface area contributed by atoms with E-state index in [0.717, 1.165) is 40.9 Å². The molecular weight excluding hydrogens is 366 g/mol. The fourth-order valence-corrected chi connectivity index (χ4v) is 3.82. The molecule has 0 bridgehead atoms. The molecule has 0 aromatic carbocycles. The van der Waals surface area contributed by atoms with E-state index in [0.29, 0.717) is 12.4 Å². The molecule has 0 aliphatic carbocycles. The standard InChI is InChI=1S/C22H25N5O2/c1-13(2)18-10-20(29-26-18)22(28)27-9-5-6-19(27)21-17(12-24-15(4)25-21)16-7-8-23-11-14(16)3/h7-8,10-13,19H,5-6,9H2,1-4H3/t19-/m0/s1. The van der Waals surface area contributed by atoms with Gasteiger partial charge in [0.1, 0.15) is 5.82 Å². The number of aromatic nitrogens is 4. The second-order valence-corrected chi connectivity index (χ2v) is 7.83. The molecule has 4 heterocycles. The number of pyridine rings is 1. The molecule has 0 N–H and O–H groups in total. The van der Waals surface area contributed by atoms with Crippen LogP contribution in [0.3, 0.4) is 0 Å². The van der Waals surface area contributed by atoms with Crippen LogP contribution in [0.5, 0.6) is 0 Å². The number of carbonyl (C=O) groups is 1. The molecule has 0 saturated carbocycles. The van der Waals surface area contributed by atoms with E-state index in [-0.39, 0.29) is 23.6 Å². The van der Waals surface area contributed by atoms with Crippen molar-refractivity contribution in [1.29, 1.82) is 0 Å². The summed E-state index contributed by atoms with van der Waals surface area (Å²) in [6.45, 7) is 8.61. The molecule has 3 aromatic heterocycles. The maximum absolute atomic E-state index is 13.2. The first kappa shape index (κ1) is 19.2. The predicted octanol–water partition coefficient (Wildman–Crippen LogP) is 4.24. The van der Waals surface area contributed by atoms with Gasteiger partial charge in [-0.2, -0.15) is 0 Å². The molecule has 7 heteroatoms. The molecule has 1 aliphatic heterocycles. The van der Waals surface area contributed by atoms with Gasteiger partial charge in [0.15, 0.2) is 0 Å². The molecule has 7 nitrogen and oxygen atoms in total. The quantitative estimate of drug-likeness (QED) is 0.661. The topological polar surface area (TPSA) is 85.0 Å². The number of hydrogen-bond donors (Lipinski definition) is 0. The average molecular weight is 391 g/mol. The summed E-state index contributed by atoms with van der Waals surface area (Å²) in [5.74, 6) is 1.05. The van der Waals surface area contributed by atoms with E-state index in [1.807, 2.05) is 51.1 Å². The Morgan fingerprint density at radius 3 is 2.79 bits per heavy atom. The van der Waals surface area contributed by atoms with E-state index in [4.69, 9.17) is 9.51 Å². The molecular formula is C22H25N5O2. The summed E-state index contributed by atoms with van der Waals surface area (Å²) in [6, 6.07) is 3.60. The minimum absolute atomic E-state index is 0.126. The van der Waals surface area contributed by atoms with Crippen molar-refractivity contribution >= 4 is 5.91 Å². The number of likely N-dealkylation sites (tertiary alicyclic amines) is 1. The zero-order valence-corrected chi connectivity index (χ0v) is 17.2. The molecule has 1 fully saturated rings. The van der Waals surface area contributed by atoms with Crippen molar-refractivity contribution in [3.63, 3.8) is 0 Å². The van der Waals surface area contributed by atoms with E-state index in [1.54, 1.807) is 12.3 Å². The summed E-state index contributed by atoms with van der Waals surface area (Å²) in [5.41, 5.74) is 4.70. The van der Waals surface area contributed by atoms with Gasteiger partial charge in [0.2, 0.25) is 5.76 Å². The van der Waals surface area contributed by atoms with Gasteiger partial charge >= 0.3 is 0 Å². The molecule has 4 rings (SSSR count). The highest BCUT2D eigenvalue weighted by Gasteiger charge is 2.35. The van der Waals surface area contributed by atoms with Gasteiger partial charge in [0.05, 0.1) is 17.4 Å². The molecule has 0 unspecified atom stereocenters. The molecule has 1 aliphatic rings. The van der Waals surface area contributed by atoms with Crippen LogP contribution in [0, 0.1) is 13.8 Å². The van der Waals surface area contributed by atoms with Gasteiger partial charge in [0, 0.05) is 36.8 Å². The van der Waals surface area contributed by atoms with Crippen LogP contribution in [0.2, 0.25) is 0 Å². The summed E-state index contributed by atoms with van der Waals surface area (Å²) >= 11 is 0. The molecule has 1 atom stereocenters. The summed E-state index contributed by atoms with van der Waals surface area (Å²) in [7, 11) is 0. The van der Waals surface area contributed by atoms with Crippen LogP contribution in [-0.2, 0) is 0 Å². The fourth-order valence-electron chi connectivity index (χ4n) is 3.82. The lowest BCUT2D eigenvalue weighted by molar-refractivity contribution is 0.0690. The first-order chi connectivity index (χ1) is 14.0. The van der Waals surface area contributed by atoms with Crippen molar-refractivity contribution in [3.8, 4) is 11.1 Å². The largest absolute Gasteiger partial charge is 0.351 e. The van der Waals surface area contributed by atoms with Gasteiger partial charge in [0.25, 0.3) is 5.91 Å². The molecule has 29 heavy (non-hydrogen) atoms. The Bertz CT molecular complexity index is 1040. The zero-order valence-electron chi connectivity index (χ0n) is 17.2. The first-order valence-corrected chi connectivity index (χ1v) is 9.97. The minimum Gasteiger partial charge on any atom is -0.351 e. The van der Waals surface area contributed by atoms with Crippen LogP contribution in [0.4, 0.5) is 0 Å². The summed E-state index contributed by atoms with van der Waals surface area (Å²) in [5, 5.41) is 4.04. The predicted molar refractivity (Wildman–Crippen MR) is 108 cm³/mol. The van der Waals surface area contributed by atoms with Crippen LogP contribution in [-0.4, -0.2) is 37.5 Å². The van der Waals surface area contributed by atoms with Gasteiger partial charge in [-0.15, -0.1) is 0 Å². The molecule has 0 radical (unpaired) electrons. The Morgan fingerprint density at radius 2 is 2.07 bits per heavy atom. The van der Waals surface area contributed by atoms with Crippen molar-refractivity contribution in [2.24, 2.45) is 0 Å². The number of nitrogens with zero attached hydrogens (tertiary/aromatic N) is 5. The smallest absolute Gasteiger partial charge is 0.293 e. The van der Waals surface area contributed by atoms with E-state index < -0.39 is 0 Å². The Hall–Kier alpha value is -3.09. The Kier molecular flexibility index (Phi) is 5.13. The monoisotopic (exact) mass is 391 g/mol. The second-order valence-electron chi connectivity index (χ2n) is 7.83. The highest BCUT2D eigenvalue weighted by molar-refractivity contribution is 5.92. The number of carbonyl (C=O) groups excluding carboxylic acids is 1. The molecule has 150 valence electrons. The molecule has 1 amide bonds. The lowest BCUT2D eigenvalue weighted by Gasteiger charge is -2.25. The highest BCUT2D eigenvalue weighted by Crippen LogP contribution is 2.38. The fraction of sp³-hybridized carbons (Fsp3) is 0.409. The van der Waals surface area contributed by atoms with Gasteiger partial charge in [-0.25, -0.2) is 9.97 Å². The summed E-state index contributed by atoms with van der Waals surface area (Å²) < 4.78 is 5.36. The maximum Gasteiger partial charge on any atom is 0.293 e. The average Bonchev–Trinajstić information content (AvgIpc) is 3.38. The lowest BCUT2D eigenvalue weighted by atomic mass is 9.97. The van der Waals surface area contributed by atoms with Crippen molar-refractivity contribution in [3.05, 3.63) is 59.3 Å². The third kappa shape index (κ3) is 3.64. The van der Waals surface area contributed by atoms with Crippen LogP contribution >= 0.6 is 0 Å². The zero-order chi connectivity index (χ0) is 20.5. The maximum atomic E-state index is 13.2. The molecule has 0 spiro atoms. The van der Waals surface area contributed by atoms with Crippen molar-refractivity contribution in [2.75, 3.05) is 6.54 Å². The van der Waals surface area contributed by atoms with Crippen molar-refractivity contribution in [2.45, 2.75) is 52.5 Å². The Balaban J connectivity index is 1.73. The minimum atomic E-state index is -0.138. The van der Waals surface area contributed by atoms with Gasteiger partial charge < -0.3 is 9.42 Å². The van der Waals surface area contributed by atoms with Crippen molar-refractivity contribution in [1.82, 2.24) is 25.0 Å². The van der Waals surface area contributed by atoms with E-state index >= 15 is 0 Å². The Labute approximate surface area is 170 Å². The van der Waals surface area contributed by atoms with Gasteiger partial charge in [-0.1, -0.05) is 19.0 Å². The van der Waals surface area contributed by atoms with Crippen LogP contribution < -0.4 is 0 Å². The van der Waals surface area contributed by atoms with Crippen LogP contribution in [0.25, 0.3) is 11.1 Å². The molecule has 3 aromatic rings. The van der Waals surface area contributed by atoms with E-state index in [2.05, 4.69) is 15.1 Å². The lowest BCUT2D eigenvalue weighted by Crippen LogP contribution is -2.31. The highest BCUT2D eigenvalue weighted by atomic mass is 16.5. The van der Waals surface area contributed by atoms with E-state index in [1.165, 1.54) is 0 Å². The molecule has 1 saturated heterocycles. The number of rotatable bonds is 4. The Morgan fingerprint density at radius 1 is 1.24 bits per heavy atom. The second kappa shape index (κ2) is 7.73. The van der Waals surface area contributed by atoms with E-state index in [9.17, 15) is 4.79 Å². The normalized spacial score (nSPS) is 16.6. The first-order valence-electron chi connectivity index (χ1n) is 9.97. The van der Waals surface area contributed by atoms with Gasteiger partial charge in [-0.05, 0) is 49.8 Å². The number of aryl methyl sites for hydroxylation is 2. The van der Waals surface area contributed by atoms with Crippen molar-refractivity contribution < 1.29 is 9.32 Å².